The average molecular weight is 424 g/mol. The lowest BCUT2D eigenvalue weighted by Gasteiger charge is -2.70. The van der Waals surface area contributed by atoms with Gasteiger partial charge in [-0.05, 0) is 67.5 Å². The molecule has 0 radical (unpaired) electrons. The van der Waals surface area contributed by atoms with E-state index in [0.717, 1.165) is 30.3 Å². The normalized spacial score (nSPS) is 24.1. The summed E-state index contributed by atoms with van der Waals surface area (Å²) >= 11 is 6.01. The largest absolute Gasteiger partial charge is 0.486 e. The van der Waals surface area contributed by atoms with E-state index in [2.05, 4.69) is 10.3 Å². The van der Waals surface area contributed by atoms with Crippen molar-refractivity contribution in [1.82, 2.24) is 14.7 Å². The van der Waals surface area contributed by atoms with Crippen LogP contribution in [0.3, 0.4) is 0 Å². The first kappa shape index (κ1) is 19.1. The molecule has 3 aromatic rings. The van der Waals surface area contributed by atoms with Crippen LogP contribution in [0.5, 0.6) is 5.75 Å². The fourth-order valence-electron chi connectivity index (χ4n) is 5.08. The molecule has 6 nitrogen and oxygen atoms in total. The number of fused-ring (bicyclic) bond motifs is 1. The monoisotopic (exact) mass is 423 g/mol. The summed E-state index contributed by atoms with van der Waals surface area (Å²) in [5, 5.41) is 3.83. The van der Waals surface area contributed by atoms with E-state index in [0.29, 0.717) is 22.9 Å². The van der Waals surface area contributed by atoms with Crippen LogP contribution in [0.2, 0.25) is 5.02 Å². The van der Waals surface area contributed by atoms with Gasteiger partial charge in [0.1, 0.15) is 18.7 Å². The molecular weight excluding hydrogens is 402 g/mol. The lowest BCUT2D eigenvalue weighted by molar-refractivity contribution is -0.162. The Hall–Kier alpha value is -2.86. The number of Topliss-reactive ketones (excluding diaryl/α,β-unsaturated/α-hetero) is 1. The summed E-state index contributed by atoms with van der Waals surface area (Å²) in [4.78, 5) is 29.4. The molecule has 1 N–H and O–H groups in total. The first-order valence-corrected chi connectivity index (χ1v) is 10.4. The highest BCUT2D eigenvalue weighted by Gasteiger charge is 2.68. The van der Waals surface area contributed by atoms with Crippen molar-refractivity contribution >= 4 is 28.8 Å². The van der Waals surface area contributed by atoms with Crippen molar-refractivity contribution in [2.45, 2.75) is 38.1 Å². The van der Waals surface area contributed by atoms with Gasteiger partial charge in [0.05, 0.1) is 5.52 Å². The number of nitrogens with one attached hydrogen (secondary N) is 1. The molecular formula is C23H22ClN3O3. The van der Waals surface area contributed by atoms with Gasteiger partial charge in [-0.3, -0.25) is 9.59 Å². The number of ketones is 1. The predicted octanol–water partition coefficient (Wildman–Crippen LogP) is 3.99. The highest BCUT2D eigenvalue weighted by molar-refractivity contribution is 6.31. The van der Waals surface area contributed by atoms with Crippen molar-refractivity contribution in [3.63, 3.8) is 0 Å². The topological polar surface area (TPSA) is 72.7 Å². The SMILES string of the molecule is Cc1cc(OCC(=O)CC23CC(NC(=O)c4ncn5ccccc45)(C2)C3)ccc1Cl. The van der Waals surface area contributed by atoms with Crippen LogP contribution in [0.25, 0.3) is 5.52 Å². The fourth-order valence-corrected chi connectivity index (χ4v) is 5.19. The minimum atomic E-state index is -0.184. The van der Waals surface area contributed by atoms with Gasteiger partial charge in [-0.1, -0.05) is 17.7 Å². The number of nitrogens with zero attached hydrogens (tertiary/aromatic N) is 2. The number of aryl methyl sites for hydroxylation is 1. The number of aromatic nitrogens is 2. The first-order chi connectivity index (χ1) is 14.4. The van der Waals surface area contributed by atoms with Gasteiger partial charge in [-0.25, -0.2) is 4.98 Å². The average Bonchev–Trinajstić information content (AvgIpc) is 3.10. The zero-order valence-electron chi connectivity index (χ0n) is 16.7. The zero-order valence-corrected chi connectivity index (χ0v) is 17.4. The molecule has 2 aromatic heterocycles. The second kappa shape index (κ2) is 6.84. The second-order valence-electron chi connectivity index (χ2n) is 8.77. The number of hydrogen-bond acceptors (Lipinski definition) is 4. The van der Waals surface area contributed by atoms with E-state index in [1.807, 2.05) is 41.8 Å². The maximum absolute atomic E-state index is 12.7. The van der Waals surface area contributed by atoms with Crippen molar-refractivity contribution in [2.24, 2.45) is 5.41 Å². The van der Waals surface area contributed by atoms with Gasteiger partial charge in [0.25, 0.3) is 5.91 Å². The second-order valence-corrected chi connectivity index (χ2v) is 9.17. The molecule has 0 aliphatic heterocycles. The first-order valence-electron chi connectivity index (χ1n) is 10.0. The molecule has 7 heteroatoms. The van der Waals surface area contributed by atoms with Crippen LogP contribution < -0.4 is 10.1 Å². The van der Waals surface area contributed by atoms with Crippen molar-refractivity contribution in [3.05, 3.63) is 65.2 Å². The molecule has 3 aliphatic carbocycles. The van der Waals surface area contributed by atoms with E-state index < -0.39 is 0 Å². The third kappa shape index (κ3) is 3.25. The van der Waals surface area contributed by atoms with Gasteiger partial charge < -0.3 is 14.5 Å². The maximum Gasteiger partial charge on any atom is 0.272 e. The third-order valence-corrected chi connectivity index (χ3v) is 6.70. The molecule has 0 saturated heterocycles. The molecule has 6 rings (SSSR count). The highest BCUT2D eigenvalue weighted by Crippen LogP contribution is 2.69. The number of imidazole rings is 1. The number of ether oxygens (including phenoxy) is 1. The molecule has 0 atom stereocenters. The van der Waals surface area contributed by atoms with Crippen LogP contribution in [0, 0.1) is 12.3 Å². The molecule has 0 unspecified atom stereocenters. The molecule has 3 saturated carbocycles. The van der Waals surface area contributed by atoms with E-state index in [-0.39, 0.29) is 29.3 Å². The van der Waals surface area contributed by atoms with Crippen LogP contribution in [-0.4, -0.2) is 33.2 Å². The summed E-state index contributed by atoms with van der Waals surface area (Å²) in [6, 6.07) is 11.0. The van der Waals surface area contributed by atoms with Crippen LogP contribution in [0.1, 0.15) is 41.7 Å². The Bertz CT molecular complexity index is 1150. The standard InChI is InChI=1S/C23H22ClN3O3/c1-15-8-17(5-6-18(15)24)30-10-16(28)9-22-11-23(12-22,13-22)26-21(29)20-19-4-2-3-7-27(19)14-25-20/h2-8,14H,9-13H2,1H3,(H,26,29). The number of carbonyl (C=O) groups excluding carboxylic acids is 2. The van der Waals surface area contributed by atoms with Crippen molar-refractivity contribution in [2.75, 3.05) is 6.61 Å². The minimum absolute atomic E-state index is 0.0138. The number of rotatable bonds is 7. The van der Waals surface area contributed by atoms with Crippen LogP contribution in [-0.2, 0) is 4.79 Å². The number of carbonyl (C=O) groups is 2. The maximum atomic E-state index is 12.7. The highest BCUT2D eigenvalue weighted by atomic mass is 35.5. The Balaban J connectivity index is 1.13. The van der Waals surface area contributed by atoms with E-state index >= 15 is 0 Å². The Morgan fingerprint density at radius 2 is 2.03 bits per heavy atom. The van der Waals surface area contributed by atoms with Gasteiger partial charge >= 0.3 is 0 Å². The van der Waals surface area contributed by atoms with E-state index in [1.54, 1.807) is 18.5 Å². The minimum Gasteiger partial charge on any atom is -0.486 e. The number of hydrogen-bond donors (Lipinski definition) is 1. The molecule has 3 fully saturated rings. The lowest BCUT2D eigenvalue weighted by Crippen LogP contribution is -2.75. The zero-order chi connectivity index (χ0) is 20.9. The van der Waals surface area contributed by atoms with Crippen LogP contribution in [0.15, 0.2) is 48.9 Å². The molecule has 1 amide bonds. The van der Waals surface area contributed by atoms with Crippen molar-refractivity contribution in [3.8, 4) is 5.75 Å². The van der Waals surface area contributed by atoms with Gasteiger partial charge in [-0.2, -0.15) is 0 Å². The molecule has 3 aliphatic rings. The summed E-state index contributed by atoms with van der Waals surface area (Å²) < 4.78 is 7.46. The van der Waals surface area contributed by atoms with Crippen LogP contribution >= 0.6 is 11.6 Å². The molecule has 1 aromatic carbocycles. The number of halogens is 1. The number of pyridine rings is 1. The van der Waals surface area contributed by atoms with Crippen molar-refractivity contribution in [1.29, 1.82) is 0 Å². The fraction of sp³-hybridized carbons (Fsp3) is 0.348. The molecule has 0 spiro atoms. The lowest BCUT2D eigenvalue weighted by atomic mass is 9.38. The van der Waals surface area contributed by atoms with Gasteiger partial charge in [-0.15, -0.1) is 0 Å². The molecule has 30 heavy (non-hydrogen) atoms. The van der Waals surface area contributed by atoms with Crippen molar-refractivity contribution < 1.29 is 14.3 Å². The third-order valence-electron chi connectivity index (χ3n) is 6.28. The molecule has 2 bridgehead atoms. The summed E-state index contributed by atoms with van der Waals surface area (Å²) in [5.41, 5.74) is 1.98. The van der Waals surface area contributed by atoms with Gasteiger partial charge in [0.15, 0.2) is 11.5 Å². The Morgan fingerprint density at radius 3 is 2.80 bits per heavy atom. The number of amides is 1. The van der Waals surface area contributed by atoms with E-state index in [1.165, 1.54) is 0 Å². The smallest absolute Gasteiger partial charge is 0.272 e. The Morgan fingerprint density at radius 1 is 1.23 bits per heavy atom. The summed E-state index contributed by atoms with van der Waals surface area (Å²) in [6.45, 7) is 1.96. The van der Waals surface area contributed by atoms with Crippen LogP contribution in [0.4, 0.5) is 0 Å². The summed E-state index contributed by atoms with van der Waals surface area (Å²) in [5.74, 6) is 0.589. The van der Waals surface area contributed by atoms with Gasteiger partial charge in [0.2, 0.25) is 0 Å². The Kier molecular flexibility index (Phi) is 4.36. The van der Waals surface area contributed by atoms with E-state index in [4.69, 9.17) is 16.3 Å². The predicted molar refractivity (Wildman–Crippen MR) is 113 cm³/mol. The molecule has 2 heterocycles. The Labute approximate surface area is 179 Å². The summed E-state index contributed by atoms with van der Waals surface area (Å²) in [6.07, 6.45) is 6.52. The van der Waals surface area contributed by atoms with E-state index in [9.17, 15) is 9.59 Å². The summed E-state index contributed by atoms with van der Waals surface area (Å²) in [7, 11) is 0. The quantitative estimate of drug-likeness (QED) is 0.623. The van der Waals surface area contributed by atoms with Gasteiger partial charge in [0, 0.05) is 23.2 Å². The molecule has 154 valence electrons. The number of benzene rings is 1.